The number of halogens is 5. The van der Waals surface area contributed by atoms with Gasteiger partial charge in [-0.3, -0.25) is 0 Å². The summed E-state index contributed by atoms with van der Waals surface area (Å²) in [5.74, 6) is 0. The Labute approximate surface area is 111 Å². The minimum Gasteiger partial charge on any atom is -0.248 e. The second-order valence-corrected chi connectivity index (χ2v) is 6.73. The van der Waals surface area contributed by atoms with Gasteiger partial charge in [0.15, 0.2) is 0 Å². The third kappa shape index (κ3) is 2.98. The molecule has 3 nitrogen and oxygen atoms in total. The van der Waals surface area contributed by atoms with Gasteiger partial charge in [0.05, 0.1) is 10.0 Å². The summed E-state index contributed by atoms with van der Waals surface area (Å²) in [7, 11) is 0.786. The molecule has 0 aliphatic rings. The highest BCUT2D eigenvalue weighted by Gasteiger charge is 2.26. The maximum Gasteiger partial charge on any atom is 0.266 e. The van der Waals surface area contributed by atoms with E-state index < -0.39 is 25.9 Å². The third-order valence-corrected chi connectivity index (χ3v) is 5.17. The summed E-state index contributed by atoms with van der Waals surface area (Å²) in [5, 5.41) is 0. The zero-order chi connectivity index (χ0) is 11.8. The monoisotopic (exact) mass is 431 g/mol. The Morgan fingerprint density at radius 3 is 2.47 bits per heavy atom. The molecule has 1 aromatic heterocycles. The molecule has 0 fully saturated rings. The molecule has 1 aromatic rings. The van der Waals surface area contributed by atoms with Crippen molar-refractivity contribution in [2.24, 2.45) is 0 Å². The third-order valence-electron chi connectivity index (χ3n) is 1.46. The Hall–Kier alpha value is 0.460. The van der Waals surface area contributed by atoms with Gasteiger partial charge in [-0.2, -0.15) is 0 Å². The summed E-state index contributed by atoms with van der Waals surface area (Å²) in [6.07, 6.45) is -2.13. The van der Waals surface area contributed by atoms with Crippen LogP contribution in [0.5, 0.6) is 0 Å². The van der Waals surface area contributed by atoms with Crippen molar-refractivity contribution < 1.29 is 17.2 Å². The minimum atomic E-state index is -4.22. The van der Waals surface area contributed by atoms with Crippen LogP contribution in [0.4, 0.5) is 8.78 Å². The van der Waals surface area contributed by atoms with E-state index >= 15 is 0 Å². The van der Waals surface area contributed by atoms with E-state index in [4.69, 9.17) is 10.7 Å². The number of rotatable bonds is 2. The van der Waals surface area contributed by atoms with E-state index in [0.717, 1.165) is 6.20 Å². The number of hydrogen-bond acceptors (Lipinski definition) is 3. The Bertz CT molecular complexity index is 496. The number of nitrogens with zero attached hydrogens (tertiary/aromatic N) is 1. The molecule has 15 heavy (non-hydrogen) atoms. The highest BCUT2D eigenvalue weighted by molar-refractivity contribution is 14.1. The molecule has 0 bridgehead atoms. The van der Waals surface area contributed by atoms with Gasteiger partial charge in [0.1, 0.15) is 8.60 Å². The summed E-state index contributed by atoms with van der Waals surface area (Å²) in [4.78, 5) is 2.96. The van der Waals surface area contributed by atoms with Gasteiger partial charge >= 0.3 is 0 Å². The van der Waals surface area contributed by atoms with E-state index in [1.54, 1.807) is 22.6 Å². The van der Waals surface area contributed by atoms with Crippen LogP contribution in [0.2, 0.25) is 0 Å². The minimum absolute atomic E-state index is 0.0557. The Balaban J connectivity index is 3.62. The molecule has 0 spiro atoms. The van der Waals surface area contributed by atoms with E-state index in [1.807, 2.05) is 0 Å². The van der Waals surface area contributed by atoms with Crippen LogP contribution < -0.4 is 0 Å². The van der Waals surface area contributed by atoms with Crippen molar-refractivity contribution in [1.29, 1.82) is 0 Å². The second kappa shape index (κ2) is 4.76. The Kier molecular flexibility index (Phi) is 4.29. The van der Waals surface area contributed by atoms with Crippen molar-refractivity contribution in [3.05, 3.63) is 19.9 Å². The molecule has 0 amide bonds. The van der Waals surface area contributed by atoms with Crippen LogP contribution in [0.25, 0.3) is 0 Å². The van der Waals surface area contributed by atoms with Crippen LogP contribution in [-0.2, 0) is 9.05 Å². The van der Waals surface area contributed by atoms with Crippen LogP contribution in [0, 0.1) is 3.70 Å². The van der Waals surface area contributed by atoms with Crippen LogP contribution in [-0.4, -0.2) is 13.4 Å². The van der Waals surface area contributed by atoms with E-state index in [-0.39, 0.29) is 8.17 Å². The van der Waals surface area contributed by atoms with Crippen LogP contribution in [0.15, 0.2) is 15.6 Å². The van der Waals surface area contributed by atoms with Gasteiger partial charge in [0, 0.05) is 16.9 Å². The molecule has 84 valence electrons. The molecular weight excluding hydrogens is 430 g/mol. The predicted molar refractivity (Wildman–Crippen MR) is 62.6 cm³/mol. The molecule has 0 atom stereocenters. The lowest BCUT2D eigenvalue weighted by molar-refractivity contribution is 0.146. The quantitative estimate of drug-likeness (QED) is 0.409. The summed E-state index contributed by atoms with van der Waals surface area (Å²) < 4.78 is 47.4. The summed E-state index contributed by atoms with van der Waals surface area (Å²) >= 11 is 4.55. The molecule has 9 heteroatoms. The first kappa shape index (κ1) is 13.5. The van der Waals surface area contributed by atoms with Gasteiger partial charge in [-0.1, -0.05) is 0 Å². The van der Waals surface area contributed by atoms with Gasteiger partial charge in [-0.25, -0.2) is 22.2 Å². The molecule has 0 saturated heterocycles. The number of hydrogen-bond donors (Lipinski definition) is 0. The van der Waals surface area contributed by atoms with E-state index in [9.17, 15) is 17.2 Å². The highest BCUT2D eigenvalue weighted by atomic mass is 127. The van der Waals surface area contributed by atoms with Crippen molar-refractivity contribution in [3.8, 4) is 0 Å². The summed E-state index contributed by atoms with van der Waals surface area (Å²) in [5.41, 5.74) is -0.663. The van der Waals surface area contributed by atoms with Crippen molar-refractivity contribution in [1.82, 2.24) is 4.98 Å². The smallest absolute Gasteiger partial charge is 0.248 e. The fourth-order valence-corrected chi connectivity index (χ4v) is 2.91. The second-order valence-electron chi connectivity index (χ2n) is 2.38. The SMILES string of the molecule is O=S(=O)(Cl)c1cnc(I)c(Br)c1C(F)F. The zero-order valence-corrected chi connectivity index (χ0v) is 12.0. The van der Waals surface area contributed by atoms with Gasteiger partial charge < -0.3 is 0 Å². The average molecular weight is 432 g/mol. The maximum atomic E-state index is 12.6. The molecule has 1 heterocycles. The first-order valence-electron chi connectivity index (χ1n) is 3.32. The zero-order valence-electron chi connectivity index (χ0n) is 6.72. The summed E-state index contributed by atoms with van der Waals surface area (Å²) in [6.45, 7) is 0. The van der Waals surface area contributed by atoms with Gasteiger partial charge in [-0.15, -0.1) is 0 Å². The van der Waals surface area contributed by atoms with Crippen molar-refractivity contribution >= 4 is 58.3 Å². The lowest BCUT2D eigenvalue weighted by atomic mass is 10.3. The number of pyridine rings is 1. The van der Waals surface area contributed by atoms with E-state index in [0.29, 0.717) is 0 Å². The summed E-state index contributed by atoms with van der Waals surface area (Å²) in [6, 6.07) is 0. The molecule has 0 radical (unpaired) electrons. The normalized spacial score (nSPS) is 12.1. The first-order chi connectivity index (χ1) is 6.75. The molecule has 0 aliphatic carbocycles. The van der Waals surface area contributed by atoms with Crippen molar-refractivity contribution in [2.75, 3.05) is 0 Å². The lowest BCUT2D eigenvalue weighted by Crippen LogP contribution is -2.03. The van der Waals surface area contributed by atoms with Crippen LogP contribution >= 0.6 is 49.2 Å². The van der Waals surface area contributed by atoms with Crippen molar-refractivity contribution in [3.63, 3.8) is 0 Å². The fraction of sp³-hybridized carbons (Fsp3) is 0.167. The van der Waals surface area contributed by atoms with Crippen molar-refractivity contribution in [2.45, 2.75) is 11.3 Å². The highest BCUT2D eigenvalue weighted by Crippen LogP contribution is 2.36. The Morgan fingerprint density at radius 2 is 2.07 bits per heavy atom. The van der Waals surface area contributed by atoms with Gasteiger partial charge in [0.2, 0.25) is 0 Å². The van der Waals surface area contributed by atoms with Crippen LogP contribution in [0.1, 0.15) is 12.0 Å². The topological polar surface area (TPSA) is 47.0 Å². The lowest BCUT2D eigenvalue weighted by Gasteiger charge is -2.08. The molecule has 0 aliphatic heterocycles. The molecular formula is C6H2BrClF2INO2S. The number of alkyl halides is 2. The standard InChI is InChI=1S/C6H2BrClF2INO2S/c7-4-3(5(9)10)2(15(8,13)14)1-12-6(4)11/h1,5H. The van der Waals surface area contributed by atoms with E-state index in [2.05, 4.69) is 20.9 Å². The van der Waals surface area contributed by atoms with E-state index in [1.165, 1.54) is 0 Å². The molecule has 0 saturated carbocycles. The molecule has 0 aromatic carbocycles. The van der Waals surface area contributed by atoms with Gasteiger partial charge in [-0.05, 0) is 38.5 Å². The maximum absolute atomic E-state index is 12.6. The number of aromatic nitrogens is 1. The van der Waals surface area contributed by atoms with Crippen LogP contribution in [0.3, 0.4) is 0 Å². The van der Waals surface area contributed by atoms with Gasteiger partial charge in [0.25, 0.3) is 15.5 Å². The average Bonchev–Trinajstić information content (AvgIpc) is 2.06. The predicted octanol–water partition coefficient (Wildman–Crippen LogP) is 3.31. The molecule has 0 N–H and O–H groups in total. The molecule has 1 rings (SSSR count). The fourth-order valence-electron chi connectivity index (χ4n) is 0.858. The Morgan fingerprint density at radius 1 is 1.53 bits per heavy atom. The largest absolute Gasteiger partial charge is 0.266 e. The first-order valence-corrected chi connectivity index (χ1v) is 7.50. The molecule has 0 unspecified atom stereocenters.